The SMILES string of the molecule is CC(C=CC=C(C)C=CC(=O)C1(C)CC(=O)CC1(C)C)=CC=CC=C(C)C=CC=C(C)C=CC1=C(C)CCCC1(C)C. The highest BCUT2D eigenvalue weighted by Gasteiger charge is 2.52. The van der Waals surface area contributed by atoms with E-state index in [9.17, 15) is 9.59 Å². The van der Waals surface area contributed by atoms with Crippen molar-refractivity contribution in [3.05, 3.63) is 119 Å². The maximum Gasteiger partial charge on any atom is 0.162 e. The van der Waals surface area contributed by atoms with Gasteiger partial charge in [-0.2, -0.15) is 0 Å². The van der Waals surface area contributed by atoms with Gasteiger partial charge in [-0.25, -0.2) is 0 Å². The van der Waals surface area contributed by atoms with Gasteiger partial charge >= 0.3 is 0 Å². The van der Waals surface area contributed by atoms with Crippen molar-refractivity contribution in [2.24, 2.45) is 16.2 Å². The maximum atomic E-state index is 12.9. The topological polar surface area (TPSA) is 34.1 Å². The molecule has 2 aliphatic carbocycles. The molecule has 1 fully saturated rings. The molecule has 0 heterocycles. The molecule has 0 aromatic heterocycles. The number of hydrogen-bond acceptors (Lipinski definition) is 2. The molecule has 2 aliphatic rings. The summed E-state index contributed by atoms with van der Waals surface area (Å²) >= 11 is 0. The Morgan fingerprint density at radius 1 is 0.667 bits per heavy atom. The number of carbonyl (C=O) groups is 2. The molecule has 0 aromatic carbocycles. The zero-order valence-electron chi connectivity index (χ0n) is 27.9. The van der Waals surface area contributed by atoms with E-state index in [1.54, 1.807) is 6.08 Å². The van der Waals surface area contributed by atoms with Crippen LogP contribution in [0.2, 0.25) is 0 Å². The average molecular weight is 567 g/mol. The first-order valence-electron chi connectivity index (χ1n) is 15.4. The number of Topliss-reactive ketones (excluding diaryl/α,β-unsaturated/α-hetero) is 1. The summed E-state index contributed by atoms with van der Waals surface area (Å²) < 4.78 is 0. The summed E-state index contributed by atoms with van der Waals surface area (Å²) in [6.07, 6.45) is 33.3. The number of rotatable bonds is 11. The summed E-state index contributed by atoms with van der Waals surface area (Å²) in [4.78, 5) is 24.9. The van der Waals surface area contributed by atoms with E-state index in [2.05, 4.69) is 90.2 Å². The molecule has 2 rings (SSSR count). The Morgan fingerprint density at radius 3 is 1.67 bits per heavy atom. The Bertz CT molecular complexity index is 1320. The Balaban J connectivity index is 1.88. The second-order valence-electron chi connectivity index (χ2n) is 13.8. The van der Waals surface area contributed by atoms with Crippen LogP contribution < -0.4 is 0 Å². The summed E-state index contributed by atoms with van der Waals surface area (Å²) in [6, 6.07) is 0. The number of carbonyl (C=O) groups excluding carboxylic acids is 2. The molecule has 0 aromatic rings. The van der Waals surface area contributed by atoms with E-state index >= 15 is 0 Å². The van der Waals surface area contributed by atoms with E-state index in [1.165, 1.54) is 41.6 Å². The van der Waals surface area contributed by atoms with Crippen molar-refractivity contribution >= 4 is 11.6 Å². The first-order valence-corrected chi connectivity index (χ1v) is 15.4. The van der Waals surface area contributed by atoms with Crippen LogP contribution in [0.5, 0.6) is 0 Å². The van der Waals surface area contributed by atoms with E-state index in [-0.39, 0.29) is 22.4 Å². The number of allylic oxidation sites excluding steroid dienone is 20. The van der Waals surface area contributed by atoms with Gasteiger partial charge in [-0.05, 0) is 76.4 Å². The van der Waals surface area contributed by atoms with Crippen LogP contribution in [-0.2, 0) is 9.59 Å². The minimum Gasteiger partial charge on any atom is -0.300 e. The van der Waals surface area contributed by atoms with Crippen LogP contribution in [0.3, 0.4) is 0 Å². The van der Waals surface area contributed by atoms with E-state index in [0.29, 0.717) is 12.8 Å². The van der Waals surface area contributed by atoms with Gasteiger partial charge < -0.3 is 0 Å². The van der Waals surface area contributed by atoms with Crippen LogP contribution >= 0.6 is 0 Å². The highest BCUT2D eigenvalue weighted by Crippen LogP contribution is 2.51. The molecular formula is C40H54O2. The Hall–Kier alpha value is -3.26. The van der Waals surface area contributed by atoms with Gasteiger partial charge in [-0.1, -0.05) is 141 Å². The molecule has 2 nitrogen and oxygen atoms in total. The average Bonchev–Trinajstić information content (AvgIpc) is 3.10. The Morgan fingerprint density at radius 2 is 1.17 bits per heavy atom. The van der Waals surface area contributed by atoms with Gasteiger partial charge in [-0.3, -0.25) is 9.59 Å². The van der Waals surface area contributed by atoms with Gasteiger partial charge in [0.2, 0.25) is 0 Å². The zero-order valence-corrected chi connectivity index (χ0v) is 27.9. The molecule has 0 spiro atoms. The van der Waals surface area contributed by atoms with Crippen molar-refractivity contribution in [2.75, 3.05) is 0 Å². The molecule has 0 radical (unpaired) electrons. The lowest BCUT2D eigenvalue weighted by atomic mass is 9.66. The molecule has 42 heavy (non-hydrogen) atoms. The zero-order chi connectivity index (χ0) is 31.6. The molecule has 226 valence electrons. The first kappa shape index (κ1) is 34.9. The quantitative estimate of drug-likeness (QED) is 0.184. The molecule has 1 unspecified atom stereocenters. The van der Waals surface area contributed by atoms with Crippen LogP contribution in [0, 0.1) is 16.2 Å². The van der Waals surface area contributed by atoms with E-state index in [4.69, 9.17) is 0 Å². The fourth-order valence-corrected chi connectivity index (χ4v) is 5.76. The summed E-state index contributed by atoms with van der Waals surface area (Å²) in [7, 11) is 0. The lowest BCUT2D eigenvalue weighted by Crippen LogP contribution is -2.36. The highest BCUT2D eigenvalue weighted by atomic mass is 16.1. The van der Waals surface area contributed by atoms with E-state index in [0.717, 1.165) is 11.1 Å². The van der Waals surface area contributed by atoms with Crippen LogP contribution in [0.4, 0.5) is 0 Å². The molecule has 0 N–H and O–H groups in total. The molecule has 1 saturated carbocycles. The lowest BCUT2D eigenvalue weighted by molar-refractivity contribution is -0.128. The largest absolute Gasteiger partial charge is 0.300 e. The first-order chi connectivity index (χ1) is 19.6. The minimum absolute atomic E-state index is 0.0317. The van der Waals surface area contributed by atoms with Crippen molar-refractivity contribution in [3.8, 4) is 0 Å². The van der Waals surface area contributed by atoms with Crippen molar-refractivity contribution in [3.63, 3.8) is 0 Å². The molecule has 0 saturated heterocycles. The van der Waals surface area contributed by atoms with Crippen LogP contribution in [0.1, 0.15) is 101 Å². The molecular weight excluding hydrogens is 512 g/mol. The van der Waals surface area contributed by atoms with Crippen molar-refractivity contribution < 1.29 is 9.59 Å². The van der Waals surface area contributed by atoms with Gasteiger partial charge in [-0.15, -0.1) is 0 Å². The van der Waals surface area contributed by atoms with E-state index in [1.807, 2.05) is 58.1 Å². The third-order valence-corrected chi connectivity index (χ3v) is 9.05. The number of hydrogen-bond donors (Lipinski definition) is 0. The lowest BCUT2D eigenvalue weighted by Gasteiger charge is -2.35. The molecule has 1 atom stereocenters. The summed E-state index contributed by atoms with van der Waals surface area (Å²) in [5.41, 5.74) is 6.92. The second-order valence-corrected chi connectivity index (χ2v) is 13.8. The molecule has 0 amide bonds. The van der Waals surface area contributed by atoms with Crippen molar-refractivity contribution in [1.82, 2.24) is 0 Å². The smallest absolute Gasteiger partial charge is 0.162 e. The molecule has 2 heteroatoms. The minimum atomic E-state index is -0.624. The second kappa shape index (κ2) is 15.3. The predicted octanol–water partition coefficient (Wildman–Crippen LogP) is 11.0. The summed E-state index contributed by atoms with van der Waals surface area (Å²) in [6.45, 7) is 21.2. The fraction of sp³-hybridized carbons (Fsp3) is 0.450. The fourth-order valence-electron chi connectivity index (χ4n) is 5.76. The van der Waals surface area contributed by atoms with Gasteiger partial charge in [0.1, 0.15) is 5.78 Å². The molecule has 0 bridgehead atoms. The third kappa shape index (κ3) is 10.2. The Labute approximate surface area is 256 Å². The van der Waals surface area contributed by atoms with E-state index < -0.39 is 5.41 Å². The van der Waals surface area contributed by atoms with Crippen molar-refractivity contribution in [1.29, 1.82) is 0 Å². The predicted molar refractivity (Wildman–Crippen MR) is 182 cm³/mol. The highest BCUT2D eigenvalue weighted by molar-refractivity contribution is 6.01. The summed E-state index contributed by atoms with van der Waals surface area (Å²) in [5.74, 6) is 0.208. The van der Waals surface area contributed by atoms with Crippen LogP contribution in [-0.4, -0.2) is 11.6 Å². The van der Waals surface area contributed by atoms with Crippen LogP contribution in [0.25, 0.3) is 0 Å². The standard InChI is InChI=1S/C40H54O2/c1-30(18-13-20-32(3)23-25-36-34(5)22-15-27-38(36,6)7)16-11-12-17-31(2)19-14-21-33(4)24-26-37(42)40(10)29-35(41)28-39(40,8)9/h11-14,16-21,23-26H,15,22,27-29H2,1-10H3. The monoisotopic (exact) mass is 566 g/mol. The van der Waals surface area contributed by atoms with Gasteiger partial charge in [0, 0.05) is 18.3 Å². The summed E-state index contributed by atoms with van der Waals surface area (Å²) in [5, 5.41) is 0. The third-order valence-electron chi connectivity index (χ3n) is 9.05. The molecule has 0 aliphatic heterocycles. The Kier molecular flexibility index (Phi) is 12.7. The maximum absolute atomic E-state index is 12.9. The van der Waals surface area contributed by atoms with Gasteiger partial charge in [0.05, 0.1) is 0 Å². The van der Waals surface area contributed by atoms with Crippen molar-refractivity contribution in [2.45, 2.75) is 101 Å². The van der Waals surface area contributed by atoms with Gasteiger partial charge in [0.15, 0.2) is 5.78 Å². The number of ketones is 2. The van der Waals surface area contributed by atoms with Crippen LogP contribution in [0.15, 0.2) is 119 Å². The normalized spacial score (nSPS) is 24.6. The van der Waals surface area contributed by atoms with Gasteiger partial charge in [0.25, 0.3) is 0 Å².